The van der Waals surface area contributed by atoms with E-state index in [2.05, 4.69) is 42.1 Å². The number of carbonyl (C=O) groups is 2. The van der Waals surface area contributed by atoms with Gasteiger partial charge in [0.25, 0.3) is 0 Å². The van der Waals surface area contributed by atoms with Crippen molar-refractivity contribution in [1.82, 2.24) is 10.9 Å². The number of anilines is 1. The quantitative estimate of drug-likeness (QED) is 0.795. The van der Waals surface area contributed by atoms with Gasteiger partial charge in [0.15, 0.2) is 0 Å². The molecular weight excluding hydrogens is 302 g/mol. The minimum atomic E-state index is -0.00901. The molecule has 24 heavy (non-hydrogen) atoms. The fraction of sp³-hybridized carbons (Fsp3) is 0.579. The van der Waals surface area contributed by atoms with Crippen molar-refractivity contribution in [1.29, 1.82) is 0 Å². The number of benzene rings is 1. The monoisotopic (exact) mass is 329 g/mol. The molecule has 1 heterocycles. The van der Waals surface area contributed by atoms with Gasteiger partial charge in [0.2, 0.25) is 11.8 Å². The summed E-state index contributed by atoms with van der Waals surface area (Å²) in [5.74, 6) is 0.878. The van der Waals surface area contributed by atoms with Crippen molar-refractivity contribution >= 4 is 17.5 Å². The lowest BCUT2D eigenvalue weighted by Gasteiger charge is -2.40. The van der Waals surface area contributed by atoms with Gasteiger partial charge in [-0.1, -0.05) is 38.8 Å². The van der Waals surface area contributed by atoms with E-state index in [-0.39, 0.29) is 29.7 Å². The summed E-state index contributed by atoms with van der Waals surface area (Å²) >= 11 is 0. The second-order valence-electron chi connectivity index (χ2n) is 7.32. The van der Waals surface area contributed by atoms with Gasteiger partial charge in [0, 0.05) is 24.1 Å². The van der Waals surface area contributed by atoms with Crippen LogP contribution in [0.2, 0.25) is 0 Å². The predicted molar refractivity (Wildman–Crippen MR) is 94.3 cm³/mol. The molecule has 0 bridgehead atoms. The van der Waals surface area contributed by atoms with Gasteiger partial charge in [-0.2, -0.15) is 0 Å². The van der Waals surface area contributed by atoms with Crippen LogP contribution in [0.25, 0.3) is 0 Å². The molecule has 3 rings (SSSR count). The van der Waals surface area contributed by atoms with Crippen molar-refractivity contribution in [2.45, 2.75) is 57.9 Å². The van der Waals surface area contributed by atoms with Crippen molar-refractivity contribution < 1.29 is 9.59 Å². The lowest BCUT2D eigenvalue weighted by Crippen LogP contribution is -2.60. The Labute approximate surface area is 143 Å². The summed E-state index contributed by atoms with van der Waals surface area (Å²) in [6.07, 6.45) is 4.59. The maximum atomic E-state index is 12.4. The molecule has 0 radical (unpaired) electrons. The molecule has 3 N–H and O–H groups in total. The molecule has 2 amide bonds. The summed E-state index contributed by atoms with van der Waals surface area (Å²) in [5.41, 5.74) is 7.88. The Balaban J connectivity index is 1.58. The molecule has 1 aromatic carbocycles. The molecule has 0 spiro atoms. The zero-order chi connectivity index (χ0) is 17.1. The summed E-state index contributed by atoms with van der Waals surface area (Å²) in [6.45, 7) is 4.30. The van der Waals surface area contributed by atoms with Crippen LogP contribution < -0.4 is 16.2 Å². The average molecular weight is 329 g/mol. The fourth-order valence-corrected chi connectivity index (χ4v) is 3.90. The third kappa shape index (κ3) is 3.78. The maximum Gasteiger partial charge on any atom is 0.237 e. The van der Waals surface area contributed by atoms with Gasteiger partial charge in [-0.25, -0.2) is 5.43 Å². The average Bonchev–Trinajstić information content (AvgIpc) is 2.58. The van der Waals surface area contributed by atoms with E-state index in [1.54, 1.807) is 0 Å². The van der Waals surface area contributed by atoms with E-state index in [0.29, 0.717) is 12.3 Å². The zero-order valence-electron chi connectivity index (χ0n) is 14.5. The van der Waals surface area contributed by atoms with E-state index in [9.17, 15) is 9.59 Å². The van der Waals surface area contributed by atoms with Crippen molar-refractivity contribution in [3.63, 3.8) is 0 Å². The third-order valence-electron chi connectivity index (χ3n) is 5.32. The Morgan fingerprint density at radius 1 is 1.21 bits per heavy atom. The molecule has 130 valence electrons. The molecule has 1 aromatic rings. The van der Waals surface area contributed by atoms with Crippen LogP contribution in [-0.4, -0.2) is 17.9 Å². The van der Waals surface area contributed by atoms with Crippen LogP contribution in [0, 0.1) is 11.8 Å². The Morgan fingerprint density at radius 2 is 1.92 bits per heavy atom. The minimum absolute atomic E-state index is 0.00901. The lowest BCUT2D eigenvalue weighted by molar-refractivity contribution is -0.134. The van der Waals surface area contributed by atoms with Crippen molar-refractivity contribution in [2.24, 2.45) is 11.8 Å². The standard InChI is InChI=1S/C19H27N3O2/c1-12(2)13-7-9-14(10-8-13)20-18(23)11-17-15-5-3-4-6-16(15)19(24)22-21-17/h7-10,12,15-17,21H,3-6,11H2,1-2H3,(H,20,23)(H,22,24). The first kappa shape index (κ1) is 17.0. The number of hydrazine groups is 1. The number of rotatable bonds is 4. The molecule has 1 aliphatic heterocycles. The second-order valence-corrected chi connectivity index (χ2v) is 7.32. The molecule has 2 fully saturated rings. The van der Waals surface area contributed by atoms with Crippen LogP contribution in [0.4, 0.5) is 5.69 Å². The van der Waals surface area contributed by atoms with Gasteiger partial charge in [0.05, 0.1) is 0 Å². The highest BCUT2D eigenvalue weighted by Gasteiger charge is 2.40. The van der Waals surface area contributed by atoms with Gasteiger partial charge >= 0.3 is 0 Å². The Kier molecular flexibility index (Phi) is 5.19. The first-order chi connectivity index (χ1) is 11.5. The van der Waals surface area contributed by atoms with E-state index in [1.807, 2.05) is 12.1 Å². The van der Waals surface area contributed by atoms with Gasteiger partial charge in [-0.3, -0.25) is 15.0 Å². The third-order valence-corrected chi connectivity index (χ3v) is 5.32. The van der Waals surface area contributed by atoms with E-state index in [4.69, 9.17) is 0 Å². The second kappa shape index (κ2) is 7.34. The summed E-state index contributed by atoms with van der Waals surface area (Å²) in [6, 6.07) is 8.02. The van der Waals surface area contributed by atoms with E-state index in [1.165, 1.54) is 5.56 Å². The Bertz CT molecular complexity index is 597. The maximum absolute atomic E-state index is 12.4. The zero-order valence-corrected chi connectivity index (χ0v) is 14.5. The highest BCUT2D eigenvalue weighted by molar-refractivity contribution is 5.91. The van der Waals surface area contributed by atoms with Gasteiger partial charge in [0.1, 0.15) is 0 Å². The summed E-state index contributed by atoms with van der Waals surface area (Å²) in [5, 5.41) is 2.97. The predicted octanol–water partition coefficient (Wildman–Crippen LogP) is 2.95. The summed E-state index contributed by atoms with van der Waals surface area (Å²) in [7, 11) is 0. The molecule has 2 aliphatic rings. The summed E-state index contributed by atoms with van der Waals surface area (Å²) < 4.78 is 0. The van der Waals surface area contributed by atoms with Gasteiger partial charge in [-0.05, 0) is 42.4 Å². The molecule has 3 atom stereocenters. The smallest absolute Gasteiger partial charge is 0.237 e. The minimum Gasteiger partial charge on any atom is -0.326 e. The first-order valence-corrected chi connectivity index (χ1v) is 9.00. The van der Waals surface area contributed by atoms with Crippen molar-refractivity contribution in [2.75, 3.05) is 5.32 Å². The highest BCUT2D eigenvalue weighted by Crippen LogP contribution is 2.35. The lowest BCUT2D eigenvalue weighted by atomic mass is 9.73. The number of hydrogen-bond acceptors (Lipinski definition) is 3. The Morgan fingerprint density at radius 3 is 2.62 bits per heavy atom. The van der Waals surface area contributed by atoms with Gasteiger partial charge < -0.3 is 5.32 Å². The molecule has 5 heteroatoms. The normalized spacial score (nSPS) is 26.6. The van der Waals surface area contributed by atoms with E-state index in [0.717, 1.165) is 31.4 Å². The molecule has 5 nitrogen and oxygen atoms in total. The first-order valence-electron chi connectivity index (χ1n) is 9.00. The SMILES string of the molecule is CC(C)c1ccc(NC(=O)CC2NNC(=O)C3CCCCC23)cc1. The van der Waals surface area contributed by atoms with Crippen LogP contribution >= 0.6 is 0 Å². The number of amides is 2. The van der Waals surface area contributed by atoms with Crippen LogP contribution in [0.15, 0.2) is 24.3 Å². The van der Waals surface area contributed by atoms with E-state index < -0.39 is 0 Å². The van der Waals surface area contributed by atoms with E-state index >= 15 is 0 Å². The molecule has 1 saturated carbocycles. The topological polar surface area (TPSA) is 70.2 Å². The van der Waals surface area contributed by atoms with Crippen molar-refractivity contribution in [3.05, 3.63) is 29.8 Å². The number of carbonyl (C=O) groups excluding carboxylic acids is 2. The Hall–Kier alpha value is -1.88. The number of nitrogens with one attached hydrogen (secondary N) is 3. The molecule has 1 aliphatic carbocycles. The molecule has 3 unspecified atom stereocenters. The molecule has 0 aromatic heterocycles. The van der Waals surface area contributed by atoms with Crippen molar-refractivity contribution in [3.8, 4) is 0 Å². The molecule has 1 saturated heterocycles. The fourth-order valence-electron chi connectivity index (χ4n) is 3.90. The van der Waals surface area contributed by atoms with Gasteiger partial charge in [-0.15, -0.1) is 0 Å². The molecular formula is C19H27N3O2. The van der Waals surface area contributed by atoms with Crippen LogP contribution in [0.1, 0.15) is 57.4 Å². The van der Waals surface area contributed by atoms with Crippen LogP contribution in [-0.2, 0) is 9.59 Å². The summed E-state index contributed by atoms with van der Waals surface area (Å²) in [4.78, 5) is 24.4. The highest BCUT2D eigenvalue weighted by atomic mass is 16.2. The van der Waals surface area contributed by atoms with Crippen LogP contribution in [0.5, 0.6) is 0 Å². The largest absolute Gasteiger partial charge is 0.326 e. The van der Waals surface area contributed by atoms with Crippen LogP contribution in [0.3, 0.4) is 0 Å². The number of hydrogen-bond donors (Lipinski definition) is 3. The number of fused-ring (bicyclic) bond motifs is 1.